The summed E-state index contributed by atoms with van der Waals surface area (Å²) in [5, 5.41) is 0. The quantitative estimate of drug-likeness (QED) is 0.545. The Hall–Kier alpha value is -0.520. The number of hydrogen-bond acceptors (Lipinski definition) is 0. The fourth-order valence-corrected chi connectivity index (χ4v) is 2.94. The molecule has 0 fully saturated rings. The van der Waals surface area contributed by atoms with Crippen LogP contribution in [0.5, 0.6) is 0 Å². The molecule has 2 rings (SSSR count). The summed E-state index contributed by atoms with van der Waals surface area (Å²) in [6, 6.07) is 0. The molecule has 0 aromatic rings. The van der Waals surface area contributed by atoms with Crippen molar-refractivity contribution in [2.75, 3.05) is 0 Å². The van der Waals surface area contributed by atoms with Crippen LogP contribution in [0.2, 0.25) is 0 Å². The average Bonchev–Trinajstić information content (AvgIpc) is 2.71. The molecule has 0 N–H and O–H groups in total. The summed E-state index contributed by atoms with van der Waals surface area (Å²) in [5.74, 6) is 0. The predicted molar refractivity (Wildman–Crippen MR) is 71.6 cm³/mol. The Bertz CT molecular complexity index is 229. The molecular weight excluding hydrogens is 192 g/mol. The van der Waals surface area contributed by atoms with Crippen molar-refractivity contribution in [1.82, 2.24) is 0 Å². The Balaban J connectivity index is 1.76. The molecule has 0 bridgehead atoms. The van der Waals surface area contributed by atoms with Crippen molar-refractivity contribution in [3.8, 4) is 0 Å². The molecule has 0 radical (unpaired) electrons. The molecule has 2 aliphatic rings. The summed E-state index contributed by atoms with van der Waals surface area (Å²) in [6.07, 6.45) is 21.8. The Kier molecular flexibility index (Phi) is 5.18. The summed E-state index contributed by atoms with van der Waals surface area (Å²) in [7, 11) is 0. The smallest absolute Gasteiger partial charge is 0.0283 e. The normalized spacial score (nSPS) is 23.0. The van der Waals surface area contributed by atoms with Crippen LogP contribution < -0.4 is 0 Å². The number of rotatable bonds is 3. The van der Waals surface area contributed by atoms with Crippen LogP contribution in [0.1, 0.15) is 77.0 Å². The van der Waals surface area contributed by atoms with Gasteiger partial charge < -0.3 is 0 Å². The van der Waals surface area contributed by atoms with E-state index in [0.29, 0.717) is 0 Å². The first-order chi connectivity index (χ1) is 7.95. The Labute approximate surface area is 101 Å². The third-order valence-electron chi connectivity index (χ3n) is 4.04. The van der Waals surface area contributed by atoms with Gasteiger partial charge in [0.2, 0.25) is 0 Å². The van der Waals surface area contributed by atoms with Crippen LogP contribution in [-0.2, 0) is 0 Å². The molecule has 0 heteroatoms. The second-order valence-corrected chi connectivity index (χ2v) is 5.42. The third kappa shape index (κ3) is 4.15. The summed E-state index contributed by atoms with van der Waals surface area (Å²) in [6.45, 7) is 0. The summed E-state index contributed by atoms with van der Waals surface area (Å²) < 4.78 is 0. The lowest BCUT2D eigenvalue weighted by Crippen LogP contribution is -1.88. The zero-order valence-corrected chi connectivity index (χ0v) is 10.6. The summed E-state index contributed by atoms with van der Waals surface area (Å²) >= 11 is 0. The van der Waals surface area contributed by atoms with Crippen molar-refractivity contribution in [1.29, 1.82) is 0 Å². The van der Waals surface area contributed by atoms with E-state index in [1.807, 2.05) is 0 Å². The van der Waals surface area contributed by atoms with Gasteiger partial charge in [0.25, 0.3) is 0 Å². The fraction of sp³-hybridized carbons (Fsp3) is 0.750. The SMILES string of the molecule is C1=C(CCC2=CCCCCC2)CCCCC1. The van der Waals surface area contributed by atoms with E-state index in [9.17, 15) is 0 Å². The lowest BCUT2D eigenvalue weighted by Gasteiger charge is -2.08. The van der Waals surface area contributed by atoms with Gasteiger partial charge in [-0.25, -0.2) is 0 Å². The molecule has 0 saturated carbocycles. The van der Waals surface area contributed by atoms with E-state index in [1.54, 1.807) is 11.1 Å². The van der Waals surface area contributed by atoms with Crippen LogP contribution in [0.15, 0.2) is 23.3 Å². The van der Waals surface area contributed by atoms with E-state index < -0.39 is 0 Å². The van der Waals surface area contributed by atoms with Gasteiger partial charge in [-0.1, -0.05) is 36.1 Å². The second kappa shape index (κ2) is 6.93. The maximum absolute atomic E-state index is 2.53. The van der Waals surface area contributed by atoms with E-state index in [-0.39, 0.29) is 0 Å². The van der Waals surface area contributed by atoms with Gasteiger partial charge in [-0.3, -0.25) is 0 Å². The van der Waals surface area contributed by atoms with Crippen molar-refractivity contribution < 1.29 is 0 Å². The van der Waals surface area contributed by atoms with Crippen LogP contribution in [0.3, 0.4) is 0 Å². The molecular formula is C16H26. The van der Waals surface area contributed by atoms with Gasteiger partial charge in [-0.05, 0) is 64.2 Å². The highest BCUT2D eigenvalue weighted by Crippen LogP contribution is 2.26. The molecule has 2 aliphatic carbocycles. The summed E-state index contributed by atoms with van der Waals surface area (Å²) in [5.41, 5.74) is 3.50. The van der Waals surface area contributed by atoms with Gasteiger partial charge in [0, 0.05) is 0 Å². The van der Waals surface area contributed by atoms with Crippen molar-refractivity contribution in [3.05, 3.63) is 23.3 Å². The van der Waals surface area contributed by atoms with E-state index in [0.717, 1.165) is 0 Å². The Morgan fingerprint density at radius 3 is 1.62 bits per heavy atom. The number of hydrogen-bond donors (Lipinski definition) is 0. The molecule has 0 unspecified atom stereocenters. The van der Waals surface area contributed by atoms with Gasteiger partial charge >= 0.3 is 0 Å². The highest BCUT2D eigenvalue weighted by atomic mass is 14.1. The summed E-state index contributed by atoms with van der Waals surface area (Å²) in [4.78, 5) is 0. The maximum Gasteiger partial charge on any atom is -0.0283 e. The van der Waals surface area contributed by atoms with Crippen LogP contribution >= 0.6 is 0 Å². The molecule has 0 aromatic heterocycles. The van der Waals surface area contributed by atoms with Crippen LogP contribution in [0, 0.1) is 0 Å². The highest BCUT2D eigenvalue weighted by Gasteiger charge is 2.06. The van der Waals surface area contributed by atoms with Crippen molar-refractivity contribution >= 4 is 0 Å². The standard InChI is InChI=1S/C16H26/c1-2-6-10-15(9-5-1)13-14-16-11-7-3-4-8-12-16/h9,11H,1-8,10,12-14H2. The first kappa shape index (κ1) is 12.0. The lowest BCUT2D eigenvalue weighted by atomic mass is 9.99. The molecule has 0 nitrogen and oxygen atoms in total. The molecule has 0 heterocycles. The van der Waals surface area contributed by atoms with Crippen molar-refractivity contribution in [2.24, 2.45) is 0 Å². The average molecular weight is 218 g/mol. The fourth-order valence-electron chi connectivity index (χ4n) is 2.94. The third-order valence-corrected chi connectivity index (χ3v) is 4.04. The monoisotopic (exact) mass is 218 g/mol. The molecule has 0 aliphatic heterocycles. The molecule has 0 saturated heterocycles. The van der Waals surface area contributed by atoms with E-state index in [2.05, 4.69) is 12.2 Å². The van der Waals surface area contributed by atoms with Crippen molar-refractivity contribution in [3.63, 3.8) is 0 Å². The van der Waals surface area contributed by atoms with Gasteiger partial charge in [0.15, 0.2) is 0 Å². The molecule has 0 amide bonds. The van der Waals surface area contributed by atoms with Crippen molar-refractivity contribution in [2.45, 2.75) is 77.0 Å². The van der Waals surface area contributed by atoms with E-state index in [1.165, 1.54) is 77.0 Å². The first-order valence-electron chi connectivity index (χ1n) is 7.31. The molecule has 0 spiro atoms. The minimum Gasteiger partial charge on any atom is -0.0853 e. The highest BCUT2D eigenvalue weighted by molar-refractivity contribution is 5.10. The van der Waals surface area contributed by atoms with E-state index >= 15 is 0 Å². The molecule has 16 heavy (non-hydrogen) atoms. The zero-order chi connectivity index (χ0) is 11.1. The van der Waals surface area contributed by atoms with Gasteiger partial charge in [0.1, 0.15) is 0 Å². The first-order valence-corrected chi connectivity index (χ1v) is 7.31. The van der Waals surface area contributed by atoms with Gasteiger partial charge in [-0.15, -0.1) is 0 Å². The topological polar surface area (TPSA) is 0 Å². The molecule has 0 atom stereocenters. The minimum absolute atomic E-state index is 1.34. The minimum atomic E-state index is 1.34. The largest absolute Gasteiger partial charge is 0.0853 e. The Morgan fingerprint density at radius 2 is 1.12 bits per heavy atom. The van der Waals surface area contributed by atoms with Crippen LogP contribution in [-0.4, -0.2) is 0 Å². The predicted octanol–water partition coefficient (Wildman–Crippen LogP) is 5.55. The Morgan fingerprint density at radius 1 is 0.625 bits per heavy atom. The number of allylic oxidation sites excluding steroid dienone is 4. The van der Waals surface area contributed by atoms with Gasteiger partial charge in [0.05, 0.1) is 0 Å². The maximum atomic E-state index is 2.53. The van der Waals surface area contributed by atoms with E-state index in [4.69, 9.17) is 0 Å². The van der Waals surface area contributed by atoms with Gasteiger partial charge in [-0.2, -0.15) is 0 Å². The van der Waals surface area contributed by atoms with Crippen LogP contribution in [0.4, 0.5) is 0 Å². The lowest BCUT2D eigenvalue weighted by molar-refractivity contribution is 0.688. The zero-order valence-electron chi connectivity index (χ0n) is 10.6. The van der Waals surface area contributed by atoms with Crippen LogP contribution in [0.25, 0.3) is 0 Å². The molecule has 90 valence electrons. The second-order valence-electron chi connectivity index (χ2n) is 5.42. The molecule has 0 aromatic carbocycles.